The van der Waals surface area contributed by atoms with Gasteiger partial charge in [0.15, 0.2) is 0 Å². The van der Waals surface area contributed by atoms with Crippen molar-refractivity contribution in [3.05, 3.63) is 65.0 Å². The van der Waals surface area contributed by atoms with Crippen molar-refractivity contribution < 1.29 is 13.7 Å². The van der Waals surface area contributed by atoms with E-state index in [9.17, 15) is 9.00 Å². The van der Waals surface area contributed by atoms with Crippen molar-refractivity contribution in [2.24, 2.45) is 4.99 Å². The van der Waals surface area contributed by atoms with E-state index >= 15 is 0 Å². The highest BCUT2D eigenvalue weighted by Gasteiger charge is 2.20. The number of carbonyl (C=O) groups excluding carboxylic acids is 1. The molecule has 1 N–H and O–H groups in total. The molecule has 3 rings (SSSR count). The Hall–Kier alpha value is -2.54. The van der Waals surface area contributed by atoms with Crippen molar-refractivity contribution in [1.82, 2.24) is 10.3 Å². The third-order valence-electron chi connectivity index (χ3n) is 4.14. The maximum absolute atomic E-state index is 12.5. The maximum atomic E-state index is 12.5. The van der Waals surface area contributed by atoms with Gasteiger partial charge in [0.2, 0.25) is 11.8 Å². The van der Waals surface area contributed by atoms with Gasteiger partial charge in [-0.2, -0.15) is 0 Å². The number of nitrogens with zero attached hydrogens (tertiary/aromatic N) is 2. The number of pyridine rings is 1. The monoisotopic (exact) mass is 371 g/mol. The first-order valence-electron chi connectivity index (χ1n) is 8.27. The van der Waals surface area contributed by atoms with Gasteiger partial charge in [-0.15, -0.1) is 0 Å². The fourth-order valence-electron chi connectivity index (χ4n) is 2.93. The zero-order chi connectivity index (χ0) is 18.5. The highest BCUT2D eigenvalue weighted by atomic mass is 32.2. The number of fused-ring (bicyclic) bond motifs is 1. The molecule has 0 spiro atoms. The molecule has 26 heavy (non-hydrogen) atoms. The Balaban J connectivity index is 1.68. The molecule has 2 atom stereocenters. The van der Waals surface area contributed by atoms with Crippen LogP contribution in [0.3, 0.4) is 0 Å². The summed E-state index contributed by atoms with van der Waals surface area (Å²) in [6, 6.07) is 11.2. The molecule has 2 heterocycles. The van der Waals surface area contributed by atoms with Crippen LogP contribution in [0.15, 0.2) is 47.6 Å². The molecule has 1 aliphatic heterocycles. The number of methoxy groups -OCH3 is 1. The van der Waals surface area contributed by atoms with Crippen LogP contribution in [-0.4, -0.2) is 40.1 Å². The molecule has 1 aliphatic rings. The zero-order valence-electron chi connectivity index (χ0n) is 14.8. The van der Waals surface area contributed by atoms with Crippen LogP contribution in [0.1, 0.15) is 28.4 Å². The van der Waals surface area contributed by atoms with E-state index in [1.165, 1.54) is 0 Å². The predicted octanol–water partition coefficient (Wildman–Crippen LogP) is 1.77. The number of aromatic nitrogens is 1. The lowest BCUT2D eigenvalue weighted by Gasteiger charge is -2.18. The van der Waals surface area contributed by atoms with Crippen LogP contribution >= 0.6 is 0 Å². The number of hydrogen-bond acceptors (Lipinski definition) is 5. The summed E-state index contributed by atoms with van der Waals surface area (Å²) in [6.07, 6.45) is 3.50. The van der Waals surface area contributed by atoms with Crippen LogP contribution in [0.4, 0.5) is 0 Å². The lowest BCUT2D eigenvalue weighted by Crippen LogP contribution is -2.33. The Labute approximate surface area is 155 Å². The number of ether oxygens (including phenoxy) is 1. The van der Waals surface area contributed by atoms with E-state index in [1.54, 1.807) is 19.6 Å². The molecule has 0 saturated carbocycles. The van der Waals surface area contributed by atoms with E-state index in [2.05, 4.69) is 15.3 Å². The van der Waals surface area contributed by atoms with E-state index in [1.807, 2.05) is 36.4 Å². The molecule has 136 valence electrons. The molecular formula is C19H21N3O3S. The van der Waals surface area contributed by atoms with Gasteiger partial charge in [-0.1, -0.05) is 30.3 Å². The molecule has 0 bridgehead atoms. The van der Waals surface area contributed by atoms with Gasteiger partial charge < -0.3 is 10.1 Å². The molecule has 2 aromatic rings. The Kier molecular flexibility index (Phi) is 5.78. The van der Waals surface area contributed by atoms with Crippen molar-refractivity contribution in [1.29, 1.82) is 0 Å². The summed E-state index contributed by atoms with van der Waals surface area (Å²) >= 11 is 0. The Morgan fingerprint density at radius 1 is 1.35 bits per heavy atom. The fourth-order valence-corrected chi connectivity index (χ4v) is 3.68. The molecule has 0 aliphatic carbocycles. The van der Waals surface area contributed by atoms with Crippen LogP contribution in [0.25, 0.3) is 0 Å². The number of nitrogens with one attached hydrogen (secondary N) is 1. The van der Waals surface area contributed by atoms with Crippen molar-refractivity contribution in [2.75, 3.05) is 19.1 Å². The lowest BCUT2D eigenvalue weighted by molar-refractivity contribution is -0.121. The van der Waals surface area contributed by atoms with Gasteiger partial charge in [0.05, 0.1) is 37.4 Å². The molecular weight excluding hydrogens is 350 g/mol. The predicted molar refractivity (Wildman–Crippen MR) is 101 cm³/mol. The molecule has 1 aromatic heterocycles. The van der Waals surface area contributed by atoms with Crippen LogP contribution in [0.5, 0.6) is 0 Å². The summed E-state index contributed by atoms with van der Waals surface area (Å²) < 4.78 is 16.9. The van der Waals surface area contributed by atoms with Crippen molar-refractivity contribution in [3.8, 4) is 0 Å². The Bertz CT molecular complexity index is 852. The molecule has 6 nitrogen and oxygen atoms in total. The van der Waals surface area contributed by atoms with E-state index in [0.717, 1.165) is 16.7 Å². The summed E-state index contributed by atoms with van der Waals surface area (Å²) in [5, 5.41) is 2.98. The first kappa shape index (κ1) is 18.3. The first-order chi connectivity index (χ1) is 12.6. The fraction of sp³-hybridized carbons (Fsp3) is 0.316. The minimum absolute atomic E-state index is 0.150. The molecule has 1 unspecified atom stereocenters. The average Bonchev–Trinajstić information content (AvgIpc) is 3.03. The zero-order valence-corrected chi connectivity index (χ0v) is 15.6. The number of carbonyl (C=O) groups is 1. The highest BCUT2D eigenvalue weighted by Crippen LogP contribution is 2.20. The second kappa shape index (κ2) is 8.23. The standard InChI is InChI=1S/C19H21N3O3S/c1-25-19-16-11-20-15(8-14(16)10-21-19)9-18(23)22-17(12-26(2)24)13-6-4-3-5-7-13/h3-8,11,17H,9-10,12H2,1-2H3,(H,22,23)/t17-,26?/m1/s1. The smallest absolute Gasteiger partial charge is 0.226 e. The molecule has 0 fully saturated rings. The van der Waals surface area contributed by atoms with Crippen molar-refractivity contribution in [3.63, 3.8) is 0 Å². The molecule has 1 amide bonds. The van der Waals surface area contributed by atoms with Gasteiger partial charge in [-0.25, -0.2) is 4.99 Å². The molecule has 0 saturated heterocycles. The maximum Gasteiger partial charge on any atom is 0.226 e. The summed E-state index contributed by atoms with van der Waals surface area (Å²) in [7, 11) is 0.557. The third kappa shape index (κ3) is 4.35. The van der Waals surface area contributed by atoms with Crippen LogP contribution in [0, 0.1) is 0 Å². The van der Waals surface area contributed by atoms with Crippen molar-refractivity contribution in [2.45, 2.75) is 19.0 Å². The topological polar surface area (TPSA) is 80.6 Å². The SMILES string of the molecule is COC1=NCc2cc(CC(=O)N[C@H](CS(C)=O)c3ccccc3)ncc21. The minimum atomic E-state index is -1.02. The van der Waals surface area contributed by atoms with E-state index in [0.29, 0.717) is 23.9 Å². The normalized spacial score (nSPS) is 14.9. The second-order valence-electron chi connectivity index (χ2n) is 6.11. The number of rotatable bonds is 6. The molecule has 1 aromatic carbocycles. The Morgan fingerprint density at radius 2 is 2.12 bits per heavy atom. The van der Waals surface area contributed by atoms with E-state index in [4.69, 9.17) is 4.74 Å². The first-order valence-corrected chi connectivity index (χ1v) is 10.0. The molecule has 0 radical (unpaired) electrons. The van der Waals surface area contributed by atoms with Crippen molar-refractivity contribution >= 4 is 22.6 Å². The quantitative estimate of drug-likeness (QED) is 0.839. The van der Waals surface area contributed by atoms with Gasteiger partial charge in [-0.3, -0.25) is 14.0 Å². The number of amides is 1. The Morgan fingerprint density at radius 3 is 2.81 bits per heavy atom. The third-order valence-corrected chi connectivity index (χ3v) is 4.95. The average molecular weight is 371 g/mol. The van der Waals surface area contributed by atoms with Gasteiger partial charge in [0.25, 0.3) is 0 Å². The summed E-state index contributed by atoms with van der Waals surface area (Å²) in [5.74, 6) is 0.805. The summed E-state index contributed by atoms with van der Waals surface area (Å²) in [6.45, 7) is 0.539. The van der Waals surface area contributed by atoms with Crippen LogP contribution in [0.2, 0.25) is 0 Å². The number of hydrogen-bond donors (Lipinski definition) is 1. The van der Waals surface area contributed by atoms with Gasteiger partial charge in [-0.05, 0) is 17.2 Å². The largest absolute Gasteiger partial charge is 0.481 e. The second-order valence-corrected chi connectivity index (χ2v) is 7.59. The van der Waals surface area contributed by atoms with E-state index < -0.39 is 10.8 Å². The summed E-state index contributed by atoms with van der Waals surface area (Å²) in [5.41, 5.74) is 3.50. The lowest BCUT2D eigenvalue weighted by atomic mass is 10.1. The van der Waals surface area contributed by atoms with Crippen LogP contribution in [-0.2, 0) is 33.3 Å². The van der Waals surface area contributed by atoms with Gasteiger partial charge in [0.1, 0.15) is 0 Å². The van der Waals surface area contributed by atoms with Crippen LogP contribution < -0.4 is 5.32 Å². The minimum Gasteiger partial charge on any atom is -0.481 e. The molecule has 7 heteroatoms. The number of benzene rings is 1. The highest BCUT2D eigenvalue weighted by molar-refractivity contribution is 7.84. The van der Waals surface area contributed by atoms with E-state index in [-0.39, 0.29) is 18.4 Å². The number of aliphatic imine (C=N–C) groups is 1. The van der Waals surface area contributed by atoms with Gasteiger partial charge >= 0.3 is 0 Å². The summed E-state index contributed by atoms with van der Waals surface area (Å²) in [4.78, 5) is 21.1. The van der Waals surface area contributed by atoms with Gasteiger partial charge in [0, 0.05) is 29.0 Å².